The second kappa shape index (κ2) is 4.76. The zero-order valence-corrected chi connectivity index (χ0v) is 8.98. The summed E-state index contributed by atoms with van der Waals surface area (Å²) < 4.78 is 0. The molecule has 0 saturated carbocycles. The lowest BCUT2D eigenvalue weighted by molar-refractivity contribution is -0.385. The van der Waals surface area contributed by atoms with Gasteiger partial charge in [0.15, 0.2) is 0 Å². The topological polar surface area (TPSA) is 63.4 Å². The molecule has 17 heavy (non-hydrogen) atoms. The zero-order chi connectivity index (χ0) is 12.3. The number of hydrogen-bond donors (Lipinski definition) is 1. The molecule has 1 N–H and O–H groups in total. The molecule has 0 saturated heterocycles. The number of hydrogen-bond acceptors (Lipinski definition) is 3. The smallest absolute Gasteiger partial charge is 0.269 e. The van der Waals surface area contributed by atoms with Gasteiger partial charge in [0.1, 0.15) is 6.10 Å². The molecule has 0 radical (unpaired) electrons. The lowest BCUT2D eigenvalue weighted by Gasteiger charge is -2.10. The van der Waals surface area contributed by atoms with Crippen molar-refractivity contribution < 1.29 is 10.0 Å². The summed E-state index contributed by atoms with van der Waals surface area (Å²) in [6.07, 6.45) is -0.837. The lowest BCUT2D eigenvalue weighted by atomic mass is 10.0. The average molecular weight is 229 g/mol. The molecule has 4 nitrogen and oxygen atoms in total. The number of aliphatic hydroxyl groups excluding tert-OH is 1. The molecule has 1 atom stereocenters. The van der Waals surface area contributed by atoms with Crippen molar-refractivity contribution in [2.45, 2.75) is 6.10 Å². The minimum atomic E-state index is -0.837. The Hall–Kier alpha value is -2.20. The first-order valence-electron chi connectivity index (χ1n) is 5.16. The van der Waals surface area contributed by atoms with Crippen molar-refractivity contribution in [3.05, 3.63) is 75.8 Å². The molecule has 2 rings (SSSR count). The van der Waals surface area contributed by atoms with Gasteiger partial charge in [-0.25, -0.2) is 0 Å². The lowest BCUT2D eigenvalue weighted by Crippen LogP contribution is -2.00. The van der Waals surface area contributed by atoms with Gasteiger partial charge in [0.2, 0.25) is 0 Å². The van der Waals surface area contributed by atoms with Crippen LogP contribution in [0.5, 0.6) is 0 Å². The van der Waals surface area contributed by atoms with Crippen molar-refractivity contribution in [3.63, 3.8) is 0 Å². The van der Waals surface area contributed by atoms with Gasteiger partial charge in [-0.3, -0.25) is 10.1 Å². The molecule has 0 unspecified atom stereocenters. The molecular weight excluding hydrogens is 218 g/mol. The van der Waals surface area contributed by atoms with E-state index in [4.69, 9.17) is 0 Å². The van der Waals surface area contributed by atoms with Crippen molar-refractivity contribution in [3.8, 4) is 0 Å². The number of nitro groups is 1. The summed E-state index contributed by atoms with van der Waals surface area (Å²) in [6, 6.07) is 15.1. The number of nitrogens with zero attached hydrogens (tertiary/aromatic N) is 1. The molecule has 0 fully saturated rings. The van der Waals surface area contributed by atoms with Crippen molar-refractivity contribution >= 4 is 5.69 Å². The van der Waals surface area contributed by atoms with Crippen molar-refractivity contribution in [1.29, 1.82) is 0 Å². The fraction of sp³-hybridized carbons (Fsp3) is 0.0769. The van der Waals surface area contributed by atoms with Crippen LogP contribution in [-0.4, -0.2) is 10.0 Å². The van der Waals surface area contributed by atoms with Gasteiger partial charge in [-0.15, -0.1) is 0 Å². The Labute approximate surface area is 98.3 Å². The van der Waals surface area contributed by atoms with Crippen molar-refractivity contribution in [2.24, 2.45) is 0 Å². The zero-order valence-electron chi connectivity index (χ0n) is 8.98. The molecule has 0 aliphatic rings. The summed E-state index contributed by atoms with van der Waals surface area (Å²) in [6.45, 7) is 0. The van der Waals surface area contributed by atoms with E-state index in [1.165, 1.54) is 12.1 Å². The third-order valence-corrected chi connectivity index (χ3v) is 2.51. The van der Waals surface area contributed by atoms with Crippen LogP contribution in [0.1, 0.15) is 17.2 Å². The number of benzene rings is 2. The highest BCUT2D eigenvalue weighted by Gasteiger charge is 2.13. The highest BCUT2D eigenvalue weighted by molar-refractivity contribution is 5.38. The van der Waals surface area contributed by atoms with Crippen LogP contribution in [0, 0.1) is 10.1 Å². The van der Waals surface area contributed by atoms with E-state index >= 15 is 0 Å². The first kappa shape index (κ1) is 11.3. The molecule has 0 spiro atoms. The van der Waals surface area contributed by atoms with E-state index in [-0.39, 0.29) is 5.69 Å². The Morgan fingerprint density at radius 3 is 2.29 bits per heavy atom. The maximum atomic E-state index is 10.6. The van der Waals surface area contributed by atoms with Crippen molar-refractivity contribution in [1.82, 2.24) is 0 Å². The molecule has 0 aliphatic carbocycles. The molecule has 0 amide bonds. The van der Waals surface area contributed by atoms with Crippen molar-refractivity contribution in [2.75, 3.05) is 0 Å². The average Bonchev–Trinajstić information content (AvgIpc) is 2.39. The largest absolute Gasteiger partial charge is 0.384 e. The van der Waals surface area contributed by atoms with Crippen LogP contribution in [0.2, 0.25) is 0 Å². The number of aliphatic hydroxyl groups is 1. The van der Waals surface area contributed by atoms with Gasteiger partial charge >= 0.3 is 0 Å². The van der Waals surface area contributed by atoms with E-state index in [1.54, 1.807) is 24.3 Å². The van der Waals surface area contributed by atoms with E-state index < -0.39 is 11.0 Å². The maximum Gasteiger partial charge on any atom is 0.269 e. The summed E-state index contributed by atoms with van der Waals surface area (Å²) in [5.41, 5.74) is 1.22. The summed E-state index contributed by atoms with van der Waals surface area (Å²) in [5, 5.41) is 20.7. The van der Waals surface area contributed by atoms with Gasteiger partial charge in [0.05, 0.1) is 4.92 Å². The second-order valence-corrected chi connectivity index (χ2v) is 3.67. The van der Waals surface area contributed by atoms with Crippen LogP contribution < -0.4 is 0 Å². The van der Waals surface area contributed by atoms with E-state index in [1.807, 2.05) is 18.2 Å². The standard InChI is InChI=1S/C13H11NO3/c15-13(10-5-2-1-3-6-10)11-7-4-8-12(9-11)14(16)17/h1-9,13,15H/t13-/m1/s1. The number of nitro benzene ring substituents is 1. The van der Waals surface area contributed by atoms with Gasteiger partial charge in [-0.2, -0.15) is 0 Å². The second-order valence-electron chi connectivity index (χ2n) is 3.67. The molecular formula is C13H11NO3. The highest BCUT2D eigenvalue weighted by Crippen LogP contribution is 2.24. The molecule has 0 bridgehead atoms. The first-order chi connectivity index (χ1) is 8.18. The third-order valence-electron chi connectivity index (χ3n) is 2.51. The van der Waals surface area contributed by atoms with Gasteiger partial charge in [-0.05, 0) is 11.1 Å². The van der Waals surface area contributed by atoms with E-state index in [0.29, 0.717) is 11.1 Å². The predicted octanol–water partition coefficient (Wildman–Crippen LogP) is 2.68. The fourth-order valence-electron chi connectivity index (χ4n) is 1.64. The van der Waals surface area contributed by atoms with Crippen LogP contribution in [0.25, 0.3) is 0 Å². The molecule has 86 valence electrons. The fourth-order valence-corrected chi connectivity index (χ4v) is 1.64. The van der Waals surface area contributed by atoms with Crippen LogP contribution in [0.4, 0.5) is 5.69 Å². The summed E-state index contributed by atoms with van der Waals surface area (Å²) in [4.78, 5) is 10.2. The van der Waals surface area contributed by atoms with Gasteiger partial charge in [0, 0.05) is 12.1 Å². The van der Waals surface area contributed by atoms with Gasteiger partial charge in [0.25, 0.3) is 5.69 Å². The van der Waals surface area contributed by atoms with Gasteiger partial charge < -0.3 is 5.11 Å². The quantitative estimate of drug-likeness (QED) is 0.650. The van der Waals surface area contributed by atoms with Crippen LogP contribution >= 0.6 is 0 Å². The molecule has 2 aromatic carbocycles. The van der Waals surface area contributed by atoms with Crippen LogP contribution in [0.15, 0.2) is 54.6 Å². The third kappa shape index (κ3) is 2.49. The molecule has 4 heteroatoms. The minimum absolute atomic E-state index is 0.0162. The molecule has 0 aromatic heterocycles. The summed E-state index contributed by atoms with van der Waals surface area (Å²) >= 11 is 0. The number of non-ortho nitro benzene ring substituents is 1. The van der Waals surface area contributed by atoms with Gasteiger partial charge in [-0.1, -0.05) is 42.5 Å². The Morgan fingerprint density at radius 2 is 1.65 bits per heavy atom. The SMILES string of the molecule is O=[N+]([O-])c1cccc([C@H](O)c2ccccc2)c1. The predicted molar refractivity (Wildman–Crippen MR) is 63.6 cm³/mol. The van der Waals surface area contributed by atoms with E-state index in [2.05, 4.69) is 0 Å². The maximum absolute atomic E-state index is 10.6. The Kier molecular flexibility index (Phi) is 3.16. The summed E-state index contributed by atoms with van der Waals surface area (Å²) in [5.74, 6) is 0. The monoisotopic (exact) mass is 229 g/mol. The molecule has 0 aliphatic heterocycles. The van der Waals surface area contributed by atoms with Crippen LogP contribution in [0.3, 0.4) is 0 Å². The van der Waals surface area contributed by atoms with E-state index in [9.17, 15) is 15.2 Å². The molecule has 2 aromatic rings. The Bertz CT molecular complexity index is 525. The summed E-state index contributed by atoms with van der Waals surface area (Å²) in [7, 11) is 0. The Balaban J connectivity index is 2.34. The normalized spacial score (nSPS) is 12.1. The first-order valence-corrected chi connectivity index (χ1v) is 5.16. The minimum Gasteiger partial charge on any atom is -0.384 e. The molecule has 0 heterocycles. The highest BCUT2D eigenvalue weighted by atomic mass is 16.6. The van der Waals surface area contributed by atoms with E-state index in [0.717, 1.165) is 0 Å². The Morgan fingerprint density at radius 1 is 1.00 bits per heavy atom. The number of rotatable bonds is 3. The van der Waals surface area contributed by atoms with Crippen LogP contribution in [-0.2, 0) is 0 Å².